The van der Waals surface area contributed by atoms with E-state index in [-0.39, 0.29) is 0 Å². The van der Waals surface area contributed by atoms with Crippen LogP contribution in [0.1, 0.15) is 37.7 Å². The number of benzene rings is 1. The van der Waals surface area contributed by atoms with Crippen molar-refractivity contribution in [3.05, 3.63) is 29.8 Å². The molecule has 16 heavy (non-hydrogen) atoms. The van der Waals surface area contributed by atoms with Gasteiger partial charge in [0.1, 0.15) is 0 Å². The molecule has 1 fully saturated rings. The first kappa shape index (κ1) is 11.2. The van der Waals surface area contributed by atoms with Crippen molar-refractivity contribution in [2.75, 3.05) is 4.90 Å². The number of carbonyl (C=O) groups is 1. The second kappa shape index (κ2) is 5.15. The number of hydrogen-bond acceptors (Lipinski definition) is 1. The molecule has 0 atom stereocenters. The standard InChI is InChI=1S/C14H19NO/c1-12-7-9-14(10-8-12)15(11-16)13-5-3-2-4-6-13/h7-11,13H,2-6H2,1H3. The van der Waals surface area contributed by atoms with Gasteiger partial charge in [0, 0.05) is 11.7 Å². The van der Waals surface area contributed by atoms with Gasteiger partial charge in [-0.15, -0.1) is 0 Å². The highest BCUT2D eigenvalue weighted by atomic mass is 16.1. The molecule has 1 aliphatic carbocycles. The Morgan fingerprint density at radius 2 is 1.75 bits per heavy atom. The number of anilines is 1. The summed E-state index contributed by atoms with van der Waals surface area (Å²) in [7, 11) is 0. The fraction of sp³-hybridized carbons (Fsp3) is 0.500. The second-order valence-electron chi connectivity index (χ2n) is 4.64. The Labute approximate surface area is 97.3 Å². The Balaban J connectivity index is 2.14. The zero-order valence-electron chi connectivity index (χ0n) is 9.86. The Morgan fingerprint density at radius 1 is 1.12 bits per heavy atom. The maximum Gasteiger partial charge on any atom is 0.214 e. The molecule has 86 valence electrons. The van der Waals surface area contributed by atoms with Crippen molar-refractivity contribution >= 4 is 12.1 Å². The summed E-state index contributed by atoms with van der Waals surface area (Å²) in [6, 6.07) is 8.62. The van der Waals surface area contributed by atoms with Crippen molar-refractivity contribution in [1.82, 2.24) is 0 Å². The van der Waals surface area contributed by atoms with E-state index in [0.29, 0.717) is 6.04 Å². The monoisotopic (exact) mass is 217 g/mol. The summed E-state index contributed by atoms with van der Waals surface area (Å²) in [6.45, 7) is 2.07. The molecule has 1 aliphatic rings. The predicted molar refractivity (Wildman–Crippen MR) is 66.6 cm³/mol. The van der Waals surface area contributed by atoms with Crippen LogP contribution in [0.4, 0.5) is 5.69 Å². The van der Waals surface area contributed by atoms with E-state index >= 15 is 0 Å². The van der Waals surface area contributed by atoms with Crippen molar-refractivity contribution in [2.45, 2.75) is 45.1 Å². The normalized spacial score (nSPS) is 17.1. The number of rotatable bonds is 3. The summed E-state index contributed by atoms with van der Waals surface area (Å²) >= 11 is 0. The highest BCUT2D eigenvalue weighted by Crippen LogP contribution is 2.26. The van der Waals surface area contributed by atoms with Gasteiger partial charge < -0.3 is 4.90 Å². The molecule has 0 unspecified atom stereocenters. The van der Waals surface area contributed by atoms with Crippen LogP contribution < -0.4 is 4.90 Å². The van der Waals surface area contributed by atoms with Crippen LogP contribution in [0.25, 0.3) is 0 Å². The van der Waals surface area contributed by atoms with Gasteiger partial charge in [-0.2, -0.15) is 0 Å². The Bertz CT molecular complexity index is 338. The van der Waals surface area contributed by atoms with Gasteiger partial charge in [-0.25, -0.2) is 0 Å². The van der Waals surface area contributed by atoms with Crippen molar-refractivity contribution in [2.24, 2.45) is 0 Å². The van der Waals surface area contributed by atoms with E-state index in [1.54, 1.807) is 0 Å². The fourth-order valence-corrected chi connectivity index (χ4v) is 2.43. The van der Waals surface area contributed by atoms with Crippen LogP contribution >= 0.6 is 0 Å². The summed E-state index contributed by atoms with van der Waals surface area (Å²) in [5.74, 6) is 0. The lowest BCUT2D eigenvalue weighted by atomic mass is 9.94. The van der Waals surface area contributed by atoms with Gasteiger partial charge in [0.05, 0.1) is 0 Å². The van der Waals surface area contributed by atoms with Gasteiger partial charge in [0.15, 0.2) is 0 Å². The predicted octanol–water partition coefficient (Wildman–Crippen LogP) is 3.29. The molecule has 1 aromatic rings. The number of amides is 1. The average molecular weight is 217 g/mol. The van der Waals surface area contributed by atoms with Crippen LogP contribution in [0.5, 0.6) is 0 Å². The topological polar surface area (TPSA) is 20.3 Å². The minimum atomic E-state index is 0.411. The lowest BCUT2D eigenvalue weighted by Gasteiger charge is -2.31. The lowest BCUT2D eigenvalue weighted by Crippen LogP contribution is -2.35. The molecular formula is C14H19NO. The number of carbonyl (C=O) groups excluding carboxylic acids is 1. The zero-order valence-corrected chi connectivity index (χ0v) is 9.86. The van der Waals surface area contributed by atoms with Crippen LogP contribution in [0.3, 0.4) is 0 Å². The molecule has 1 aromatic carbocycles. The van der Waals surface area contributed by atoms with E-state index < -0.39 is 0 Å². The number of hydrogen-bond donors (Lipinski definition) is 0. The first-order valence-electron chi connectivity index (χ1n) is 6.11. The van der Waals surface area contributed by atoms with Gasteiger partial charge >= 0.3 is 0 Å². The van der Waals surface area contributed by atoms with Crippen LogP contribution in [0.15, 0.2) is 24.3 Å². The molecule has 1 amide bonds. The van der Waals surface area contributed by atoms with Gasteiger partial charge in [-0.1, -0.05) is 37.0 Å². The molecule has 0 bridgehead atoms. The molecule has 1 saturated carbocycles. The Kier molecular flexibility index (Phi) is 3.60. The van der Waals surface area contributed by atoms with Crippen molar-refractivity contribution in [3.63, 3.8) is 0 Å². The Hall–Kier alpha value is -1.31. The zero-order chi connectivity index (χ0) is 11.4. The van der Waals surface area contributed by atoms with E-state index in [9.17, 15) is 4.79 Å². The van der Waals surface area contributed by atoms with Crippen LogP contribution in [-0.4, -0.2) is 12.5 Å². The molecule has 2 nitrogen and oxygen atoms in total. The molecule has 0 N–H and O–H groups in total. The van der Waals surface area contributed by atoms with E-state index in [4.69, 9.17) is 0 Å². The highest BCUT2D eigenvalue weighted by Gasteiger charge is 2.20. The van der Waals surface area contributed by atoms with Crippen molar-refractivity contribution < 1.29 is 4.79 Å². The van der Waals surface area contributed by atoms with Gasteiger partial charge in [-0.05, 0) is 31.9 Å². The number of aryl methyl sites for hydroxylation is 1. The summed E-state index contributed by atoms with van der Waals surface area (Å²) < 4.78 is 0. The average Bonchev–Trinajstić information content (AvgIpc) is 2.34. The summed E-state index contributed by atoms with van der Waals surface area (Å²) in [6.07, 6.45) is 7.10. The Morgan fingerprint density at radius 3 is 2.31 bits per heavy atom. The quantitative estimate of drug-likeness (QED) is 0.711. The molecular weight excluding hydrogens is 198 g/mol. The molecule has 2 heteroatoms. The third-order valence-corrected chi connectivity index (χ3v) is 3.41. The van der Waals surface area contributed by atoms with Crippen LogP contribution in [0, 0.1) is 6.92 Å². The number of nitrogens with zero attached hydrogens (tertiary/aromatic N) is 1. The van der Waals surface area contributed by atoms with Gasteiger partial charge in [0.2, 0.25) is 6.41 Å². The maximum atomic E-state index is 11.2. The summed E-state index contributed by atoms with van der Waals surface area (Å²) in [4.78, 5) is 13.1. The van der Waals surface area contributed by atoms with Crippen LogP contribution in [-0.2, 0) is 4.79 Å². The van der Waals surface area contributed by atoms with Gasteiger partial charge in [-0.3, -0.25) is 4.79 Å². The molecule has 0 aliphatic heterocycles. The van der Waals surface area contributed by atoms with Gasteiger partial charge in [0.25, 0.3) is 0 Å². The second-order valence-corrected chi connectivity index (χ2v) is 4.64. The fourth-order valence-electron chi connectivity index (χ4n) is 2.43. The molecule has 0 aromatic heterocycles. The molecule has 0 radical (unpaired) electrons. The molecule has 0 saturated heterocycles. The van der Waals surface area contributed by atoms with Crippen LogP contribution in [0.2, 0.25) is 0 Å². The van der Waals surface area contributed by atoms with E-state index in [0.717, 1.165) is 24.9 Å². The van der Waals surface area contributed by atoms with E-state index in [1.807, 2.05) is 17.0 Å². The van der Waals surface area contributed by atoms with Crippen molar-refractivity contribution in [1.29, 1.82) is 0 Å². The first-order chi connectivity index (χ1) is 7.81. The highest BCUT2D eigenvalue weighted by molar-refractivity contribution is 5.76. The largest absolute Gasteiger partial charge is 0.312 e. The smallest absolute Gasteiger partial charge is 0.214 e. The van der Waals surface area contributed by atoms with E-state index in [1.165, 1.54) is 24.8 Å². The molecule has 2 rings (SSSR count). The van der Waals surface area contributed by atoms with Crippen molar-refractivity contribution in [3.8, 4) is 0 Å². The van der Waals surface area contributed by atoms with E-state index in [2.05, 4.69) is 19.1 Å². The first-order valence-corrected chi connectivity index (χ1v) is 6.11. The molecule has 0 spiro atoms. The lowest BCUT2D eigenvalue weighted by molar-refractivity contribution is -0.108. The minimum Gasteiger partial charge on any atom is -0.312 e. The SMILES string of the molecule is Cc1ccc(N(C=O)C2CCCCC2)cc1. The maximum absolute atomic E-state index is 11.2. The molecule has 0 heterocycles. The third kappa shape index (κ3) is 2.43. The minimum absolute atomic E-state index is 0.411. The third-order valence-electron chi connectivity index (χ3n) is 3.41. The summed E-state index contributed by atoms with van der Waals surface area (Å²) in [5, 5.41) is 0. The summed E-state index contributed by atoms with van der Waals surface area (Å²) in [5.41, 5.74) is 2.27.